The van der Waals surface area contributed by atoms with Crippen LogP contribution < -0.4 is 19.7 Å². The number of nitrogens with zero attached hydrogens (tertiary/aromatic N) is 1. The van der Waals surface area contributed by atoms with Crippen molar-refractivity contribution in [1.82, 2.24) is 5.32 Å². The highest BCUT2D eigenvalue weighted by atomic mass is 19.2. The molecule has 2 aliphatic rings. The molecule has 0 bridgehead atoms. The third kappa shape index (κ3) is 4.07. The molecule has 2 aromatic rings. The number of nitrogens with one attached hydrogen (secondary N) is 1. The molecule has 4 nitrogen and oxygen atoms in total. The average molecular weight is 388 g/mol. The molecule has 0 amide bonds. The smallest absolute Gasteiger partial charge is 0.164 e. The van der Waals surface area contributed by atoms with E-state index >= 15 is 0 Å². The van der Waals surface area contributed by atoms with Gasteiger partial charge in [0.1, 0.15) is 0 Å². The Morgan fingerprint density at radius 2 is 1.96 bits per heavy atom. The molecule has 1 N–H and O–H groups in total. The molecule has 6 heteroatoms. The second-order valence-corrected chi connectivity index (χ2v) is 7.60. The van der Waals surface area contributed by atoms with Crippen LogP contribution in [0.15, 0.2) is 36.4 Å². The molecule has 2 aliphatic heterocycles. The van der Waals surface area contributed by atoms with Crippen LogP contribution in [0.4, 0.5) is 14.5 Å². The van der Waals surface area contributed by atoms with Crippen molar-refractivity contribution < 1.29 is 18.3 Å². The van der Waals surface area contributed by atoms with Gasteiger partial charge in [0.05, 0.1) is 13.7 Å². The first kappa shape index (κ1) is 19.0. The molecule has 28 heavy (non-hydrogen) atoms. The van der Waals surface area contributed by atoms with E-state index < -0.39 is 11.6 Å². The van der Waals surface area contributed by atoms with E-state index in [2.05, 4.69) is 16.3 Å². The van der Waals surface area contributed by atoms with E-state index in [-0.39, 0.29) is 0 Å². The zero-order valence-electron chi connectivity index (χ0n) is 16.1. The number of rotatable bonds is 5. The van der Waals surface area contributed by atoms with Gasteiger partial charge in [0, 0.05) is 43.3 Å². The van der Waals surface area contributed by atoms with Crippen LogP contribution >= 0.6 is 0 Å². The van der Waals surface area contributed by atoms with Gasteiger partial charge in [0.25, 0.3) is 0 Å². The van der Waals surface area contributed by atoms with Gasteiger partial charge in [-0.2, -0.15) is 0 Å². The topological polar surface area (TPSA) is 33.7 Å². The lowest BCUT2D eigenvalue weighted by Crippen LogP contribution is -2.45. The summed E-state index contributed by atoms with van der Waals surface area (Å²) in [7, 11) is 1.67. The quantitative estimate of drug-likeness (QED) is 0.845. The minimum absolute atomic E-state index is 0.434. The van der Waals surface area contributed by atoms with Gasteiger partial charge in [-0.15, -0.1) is 0 Å². The largest absolute Gasteiger partial charge is 0.493 e. The predicted molar refractivity (Wildman–Crippen MR) is 105 cm³/mol. The molecule has 0 spiro atoms. The normalized spacial score (nSPS) is 19.8. The Labute approximate surface area is 164 Å². The van der Waals surface area contributed by atoms with Gasteiger partial charge in [-0.1, -0.05) is 12.1 Å². The van der Waals surface area contributed by atoms with Crippen LogP contribution in [0.1, 0.15) is 18.4 Å². The van der Waals surface area contributed by atoms with Crippen LogP contribution in [0, 0.1) is 17.6 Å². The first-order valence-electron chi connectivity index (χ1n) is 9.86. The van der Waals surface area contributed by atoms with Crippen LogP contribution in [0.5, 0.6) is 11.5 Å². The number of fused-ring (bicyclic) bond motifs is 1. The van der Waals surface area contributed by atoms with Gasteiger partial charge in [-0.05, 0) is 43.0 Å². The van der Waals surface area contributed by atoms with Crippen molar-refractivity contribution in [3.63, 3.8) is 0 Å². The van der Waals surface area contributed by atoms with E-state index in [4.69, 9.17) is 9.47 Å². The molecule has 2 aromatic carbocycles. The standard InChI is InChI=1S/C22H26F2N2O2/c1-27-21-4-2-3-16-11-15(14-28-22(16)21)13-25-17-7-9-26(10-8-17)18-5-6-19(23)20(24)12-18/h2-6,12,15,17,25H,7-11,13-14H2,1H3/t15-/m0/s1. The Morgan fingerprint density at radius 1 is 1.14 bits per heavy atom. The van der Waals surface area contributed by atoms with Crippen molar-refractivity contribution in [2.75, 3.05) is 38.3 Å². The summed E-state index contributed by atoms with van der Waals surface area (Å²) in [5.74, 6) is 0.527. The SMILES string of the molecule is COc1cccc2c1OC[C@H](CNC1CCN(c3ccc(F)c(F)c3)CC1)C2. The molecular formula is C22H26F2N2O2. The fraction of sp³-hybridized carbons (Fsp3) is 0.455. The minimum atomic E-state index is -0.797. The van der Waals surface area contributed by atoms with Crippen molar-refractivity contribution in [2.45, 2.75) is 25.3 Å². The Balaban J connectivity index is 1.26. The van der Waals surface area contributed by atoms with Gasteiger partial charge in [-0.3, -0.25) is 0 Å². The third-order valence-corrected chi connectivity index (χ3v) is 5.71. The maximum Gasteiger partial charge on any atom is 0.164 e. The van der Waals surface area contributed by atoms with E-state index in [1.165, 1.54) is 17.7 Å². The highest BCUT2D eigenvalue weighted by Gasteiger charge is 2.25. The Morgan fingerprint density at radius 3 is 2.71 bits per heavy atom. The fourth-order valence-corrected chi connectivity index (χ4v) is 4.11. The molecule has 0 unspecified atom stereocenters. The van der Waals surface area contributed by atoms with Crippen LogP contribution in [-0.4, -0.2) is 39.4 Å². The zero-order valence-corrected chi connectivity index (χ0v) is 16.1. The molecule has 0 saturated carbocycles. The first-order chi connectivity index (χ1) is 13.6. The number of hydrogen-bond donors (Lipinski definition) is 1. The monoisotopic (exact) mass is 388 g/mol. The van der Waals surface area contributed by atoms with Gasteiger partial charge in [0.15, 0.2) is 23.1 Å². The second kappa shape index (κ2) is 8.35. The maximum atomic E-state index is 13.5. The lowest BCUT2D eigenvalue weighted by Gasteiger charge is -2.35. The van der Waals surface area contributed by atoms with Gasteiger partial charge in [-0.25, -0.2) is 8.78 Å². The lowest BCUT2D eigenvalue weighted by molar-refractivity contribution is 0.203. The number of para-hydroxylation sites is 1. The molecule has 0 radical (unpaired) electrons. The Hall–Kier alpha value is -2.34. The molecule has 2 heterocycles. The molecule has 1 atom stereocenters. The van der Waals surface area contributed by atoms with Crippen molar-refractivity contribution >= 4 is 5.69 Å². The Bertz CT molecular complexity index is 822. The van der Waals surface area contributed by atoms with E-state index in [0.717, 1.165) is 56.1 Å². The number of halogens is 2. The van der Waals surface area contributed by atoms with Gasteiger partial charge >= 0.3 is 0 Å². The third-order valence-electron chi connectivity index (χ3n) is 5.71. The number of piperidine rings is 1. The number of benzene rings is 2. The average Bonchev–Trinajstić information content (AvgIpc) is 2.74. The summed E-state index contributed by atoms with van der Waals surface area (Å²) in [6.45, 7) is 3.27. The lowest BCUT2D eigenvalue weighted by atomic mass is 9.95. The van der Waals surface area contributed by atoms with Crippen molar-refractivity contribution in [1.29, 1.82) is 0 Å². The Kier molecular flexibility index (Phi) is 5.67. The van der Waals surface area contributed by atoms with Gasteiger partial charge < -0.3 is 19.7 Å². The second-order valence-electron chi connectivity index (χ2n) is 7.60. The van der Waals surface area contributed by atoms with Crippen molar-refractivity contribution in [3.05, 3.63) is 53.6 Å². The summed E-state index contributed by atoms with van der Waals surface area (Å²) in [5, 5.41) is 3.67. The first-order valence-corrected chi connectivity index (χ1v) is 9.86. The summed E-state index contributed by atoms with van der Waals surface area (Å²) < 4.78 is 37.9. The fourth-order valence-electron chi connectivity index (χ4n) is 4.11. The summed E-state index contributed by atoms with van der Waals surface area (Å²) in [5.41, 5.74) is 1.95. The summed E-state index contributed by atoms with van der Waals surface area (Å²) in [6.07, 6.45) is 2.95. The van der Waals surface area contributed by atoms with E-state index in [1.807, 2.05) is 12.1 Å². The van der Waals surface area contributed by atoms with Crippen LogP contribution in [0.3, 0.4) is 0 Å². The maximum absolute atomic E-state index is 13.5. The molecule has 1 saturated heterocycles. The molecule has 4 rings (SSSR count). The molecule has 1 fully saturated rings. The van der Waals surface area contributed by atoms with Gasteiger partial charge in [0.2, 0.25) is 0 Å². The predicted octanol–water partition coefficient (Wildman–Crippen LogP) is 3.78. The van der Waals surface area contributed by atoms with E-state index in [0.29, 0.717) is 18.6 Å². The number of ether oxygens (including phenoxy) is 2. The number of methoxy groups -OCH3 is 1. The van der Waals surface area contributed by atoms with Crippen molar-refractivity contribution in [3.8, 4) is 11.5 Å². The molecule has 150 valence electrons. The zero-order chi connectivity index (χ0) is 19.5. The van der Waals surface area contributed by atoms with Crippen LogP contribution in [0.2, 0.25) is 0 Å². The molecule has 0 aromatic heterocycles. The van der Waals surface area contributed by atoms with E-state index in [9.17, 15) is 8.78 Å². The van der Waals surface area contributed by atoms with Crippen LogP contribution in [0.25, 0.3) is 0 Å². The summed E-state index contributed by atoms with van der Waals surface area (Å²) in [6, 6.07) is 10.6. The molecular weight excluding hydrogens is 362 g/mol. The molecule has 0 aliphatic carbocycles. The van der Waals surface area contributed by atoms with Crippen LogP contribution in [-0.2, 0) is 6.42 Å². The van der Waals surface area contributed by atoms with Crippen molar-refractivity contribution in [2.24, 2.45) is 5.92 Å². The number of hydrogen-bond acceptors (Lipinski definition) is 4. The summed E-state index contributed by atoms with van der Waals surface area (Å²) >= 11 is 0. The number of anilines is 1. The highest BCUT2D eigenvalue weighted by molar-refractivity contribution is 5.48. The summed E-state index contributed by atoms with van der Waals surface area (Å²) in [4.78, 5) is 2.12. The minimum Gasteiger partial charge on any atom is -0.493 e. The van der Waals surface area contributed by atoms with E-state index in [1.54, 1.807) is 13.2 Å². The highest BCUT2D eigenvalue weighted by Crippen LogP contribution is 2.36.